The Balaban J connectivity index is 2.32. The molecule has 0 aliphatic heterocycles. The van der Waals surface area contributed by atoms with Gasteiger partial charge in [0, 0.05) is 11.0 Å². The van der Waals surface area contributed by atoms with E-state index in [9.17, 15) is 5.11 Å². The molecule has 0 aliphatic carbocycles. The first kappa shape index (κ1) is 13.7. The van der Waals surface area contributed by atoms with E-state index in [2.05, 4.69) is 35.1 Å². The number of rotatable bonds is 6. The van der Waals surface area contributed by atoms with Crippen LogP contribution in [-0.4, -0.2) is 18.2 Å². The molecule has 1 rings (SSSR count). The molecule has 1 unspecified atom stereocenters. The first-order valence-electron chi connectivity index (χ1n) is 5.74. The van der Waals surface area contributed by atoms with E-state index in [0.29, 0.717) is 12.5 Å². The third-order valence-electron chi connectivity index (χ3n) is 2.47. The minimum Gasteiger partial charge on any atom is -0.387 e. The number of hydrogen-bond donors (Lipinski definition) is 2. The van der Waals surface area contributed by atoms with Crippen molar-refractivity contribution in [3.05, 3.63) is 34.3 Å². The molecule has 0 heterocycles. The highest BCUT2D eigenvalue weighted by atomic mass is 79.9. The molecule has 0 fully saturated rings. The summed E-state index contributed by atoms with van der Waals surface area (Å²) in [6.45, 7) is 5.98. The Morgan fingerprint density at radius 1 is 1.38 bits per heavy atom. The Labute approximate surface area is 106 Å². The molecule has 2 nitrogen and oxygen atoms in total. The van der Waals surface area contributed by atoms with Crippen LogP contribution in [0.2, 0.25) is 0 Å². The Morgan fingerprint density at radius 2 is 2.12 bits per heavy atom. The average molecular weight is 286 g/mol. The van der Waals surface area contributed by atoms with Gasteiger partial charge in [0.15, 0.2) is 0 Å². The molecule has 1 aromatic carbocycles. The van der Waals surface area contributed by atoms with Gasteiger partial charge < -0.3 is 10.4 Å². The highest BCUT2D eigenvalue weighted by Gasteiger charge is 2.06. The molecule has 1 atom stereocenters. The van der Waals surface area contributed by atoms with Crippen LogP contribution in [0, 0.1) is 5.92 Å². The van der Waals surface area contributed by atoms with Crippen LogP contribution in [0.4, 0.5) is 0 Å². The SMILES string of the molecule is CC(C)CCNCC(O)c1cccc(Br)c1. The second kappa shape index (κ2) is 7.05. The summed E-state index contributed by atoms with van der Waals surface area (Å²) < 4.78 is 1.01. The van der Waals surface area contributed by atoms with Crippen molar-refractivity contribution in [2.45, 2.75) is 26.4 Å². The predicted octanol–water partition coefficient (Wildman–Crippen LogP) is 3.12. The van der Waals surface area contributed by atoms with E-state index in [0.717, 1.165) is 23.0 Å². The average Bonchev–Trinajstić information content (AvgIpc) is 2.24. The number of aliphatic hydroxyl groups excluding tert-OH is 1. The van der Waals surface area contributed by atoms with Gasteiger partial charge >= 0.3 is 0 Å². The van der Waals surface area contributed by atoms with Crippen LogP contribution in [0.1, 0.15) is 31.9 Å². The standard InChI is InChI=1S/C13H20BrNO/c1-10(2)6-7-15-9-13(16)11-4-3-5-12(14)8-11/h3-5,8,10,13,15-16H,6-7,9H2,1-2H3. The third-order valence-corrected chi connectivity index (χ3v) is 2.96. The van der Waals surface area contributed by atoms with Crippen LogP contribution in [0.25, 0.3) is 0 Å². The lowest BCUT2D eigenvalue weighted by Gasteiger charge is -2.13. The lowest BCUT2D eigenvalue weighted by atomic mass is 10.1. The van der Waals surface area contributed by atoms with Gasteiger partial charge in [-0.1, -0.05) is 41.9 Å². The van der Waals surface area contributed by atoms with Crippen molar-refractivity contribution in [3.63, 3.8) is 0 Å². The zero-order valence-corrected chi connectivity index (χ0v) is 11.5. The Hall–Kier alpha value is -0.380. The summed E-state index contributed by atoms with van der Waals surface area (Å²) in [7, 11) is 0. The molecule has 16 heavy (non-hydrogen) atoms. The van der Waals surface area contributed by atoms with Gasteiger partial charge in [-0.3, -0.25) is 0 Å². The second-order valence-electron chi connectivity index (χ2n) is 4.46. The van der Waals surface area contributed by atoms with Crippen molar-refractivity contribution in [1.82, 2.24) is 5.32 Å². The topological polar surface area (TPSA) is 32.3 Å². The van der Waals surface area contributed by atoms with Crippen LogP contribution >= 0.6 is 15.9 Å². The monoisotopic (exact) mass is 285 g/mol. The summed E-state index contributed by atoms with van der Waals surface area (Å²) in [5.74, 6) is 0.704. The van der Waals surface area contributed by atoms with Gasteiger partial charge in [0.2, 0.25) is 0 Å². The van der Waals surface area contributed by atoms with E-state index < -0.39 is 6.10 Å². The Morgan fingerprint density at radius 3 is 2.75 bits per heavy atom. The van der Waals surface area contributed by atoms with Crippen molar-refractivity contribution < 1.29 is 5.11 Å². The zero-order valence-electron chi connectivity index (χ0n) is 9.91. The Kier molecular flexibility index (Phi) is 6.03. The molecule has 0 saturated carbocycles. The quantitative estimate of drug-likeness (QED) is 0.788. The maximum atomic E-state index is 9.93. The van der Waals surface area contributed by atoms with Crippen molar-refractivity contribution in [3.8, 4) is 0 Å². The van der Waals surface area contributed by atoms with Gasteiger partial charge in [-0.15, -0.1) is 0 Å². The van der Waals surface area contributed by atoms with E-state index in [1.54, 1.807) is 0 Å². The molecule has 2 N–H and O–H groups in total. The highest BCUT2D eigenvalue weighted by Crippen LogP contribution is 2.17. The van der Waals surface area contributed by atoms with E-state index >= 15 is 0 Å². The summed E-state index contributed by atoms with van der Waals surface area (Å²) in [4.78, 5) is 0. The minimum atomic E-state index is -0.426. The van der Waals surface area contributed by atoms with E-state index in [1.807, 2.05) is 24.3 Å². The van der Waals surface area contributed by atoms with Crippen LogP contribution < -0.4 is 5.32 Å². The molecular formula is C13H20BrNO. The lowest BCUT2D eigenvalue weighted by molar-refractivity contribution is 0.174. The van der Waals surface area contributed by atoms with Gasteiger partial charge in [-0.2, -0.15) is 0 Å². The fraction of sp³-hybridized carbons (Fsp3) is 0.538. The van der Waals surface area contributed by atoms with Crippen molar-refractivity contribution in [1.29, 1.82) is 0 Å². The van der Waals surface area contributed by atoms with Gasteiger partial charge in [-0.05, 0) is 36.6 Å². The molecule has 0 aromatic heterocycles. The maximum absolute atomic E-state index is 9.93. The van der Waals surface area contributed by atoms with Gasteiger partial charge in [-0.25, -0.2) is 0 Å². The number of nitrogens with one attached hydrogen (secondary N) is 1. The van der Waals surface area contributed by atoms with E-state index in [-0.39, 0.29) is 0 Å². The largest absolute Gasteiger partial charge is 0.387 e. The molecule has 0 amide bonds. The smallest absolute Gasteiger partial charge is 0.0914 e. The first-order chi connectivity index (χ1) is 7.59. The second-order valence-corrected chi connectivity index (χ2v) is 5.37. The maximum Gasteiger partial charge on any atom is 0.0914 e. The molecule has 3 heteroatoms. The summed E-state index contributed by atoms with van der Waals surface area (Å²) in [6.07, 6.45) is 0.718. The summed E-state index contributed by atoms with van der Waals surface area (Å²) in [5, 5.41) is 13.2. The van der Waals surface area contributed by atoms with Crippen LogP contribution in [-0.2, 0) is 0 Å². The number of hydrogen-bond acceptors (Lipinski definition) is 2. The molecule has 0 aliphatic rings. The number of aliphatic hydroxyl groups is 1. The Bertz CT molecular complexity index is 315. The molecule has 0 bridgehead atoms. The lowest BCUT2D eigenvalue weighted by Crippen LogP contribution is -2.23. The van der Waals surface area contributed by atoms with Crippen molar-refractivity contribution in [2.24, 2.45) is 5.92 Å². The number of halogens is 1. The molecule has 0 saturated heterocycles. The van der Waals surface area contributed by atoms with Gasteiger partial charge in [0.1, 0.15) is 0 Å². The summed E-state index contributed by atoms with van der Waals surface area (Å²) >= 11 is 3.40. The normalized spacial score (nSPS) is 13.1. The van der Waals surface area contributed by atoms with Crippen LogP contribution in [0.15, 0.2) is 28.7 Å². The fourth-order valence-electron chi connectivity index (χ4n) is 1.46. The molecule has 1 aromatic rings. The first-order valence-corrected chi connectivity index (χ1v) is 6.53. The van der Waals surface area contributed by atoms with E-state index in [1.165, 1.54) is 0 Å². The van der Waals surface area contributed by atoms with Gasteiger partial charge in [0.25, 0.3) is 0 Å². The summed E-state index contributed by atoms with van der Waals surface area (Å²) in [5.41, 5.74) is 0.950. The molecular weight excluding hydrogens is 266 g/mol. The molecule has 90 valence electrons. The molecule has 0 spiro atoms. The van der Waals surface area contributed by atoms with Crippen LogP contribution in [0.5, 0.6) is 0 Å². The highest BCUT2D eigenvalue weighted by molar-refractivity contribution is 9.10. The minimum absolute atomic E-state index is 0.426. The van der Waals surface area contributed by atoms with Crippen molar-refractivity contribution in [2.75, 3.05) is 13.1 Å². The van der Waals surface area contributed by atoms with E-state index in [4.69, 9.17) is 0 Å². The van der Waals surface area contributed by atoms with Crippen LogP contribution in [0.3, 0.4) is 0 Å². The van der Waals surface area contributed by atoms with Gasteiger partial charge in [0.05, 0.1) is 6.10 Å². The molecule has 0 radical (unpaired) electrons. The van der Waals surface area contributed by atoms with Crippen molar-refractivity contribution >= 4 is 15.9 Å². The zero-order chi connectivity index (χ0) is 12.0. The summed E-state index contributed by atoms with van der Waals surface area (Å²) in [6, 6.07) is 7.80. The fourth-order valence-corrected chi connectivity index (χ4v) is 1.88. The third kappa shape index (κ3) is 5.10. The predicted molar refractivity (Wildman–Crippen MR) is 71.4 cm³/mol. The number of benzene rings is 1.